The standard InChI is InChI=1S/C12H19N3O/c1-8(2)11(12(13)16)15-9(3)10-4-6-14-7-5-10/h4-9,11,15H,1-3H3,(H2,13,16). The number of primary amides is 1. The molecule has 0 aliphatic heterocycles. The number of hydrogen-bond acceptors (Lipinski definition) is 3. The van der Waals surface area contributed by atoms with Gasteiger partial charge in [0.05, 0.1) is 6.04 Å². The van der Waals surface area contributed by atoms with E-state index in [0.29, 0.717) is 0 Å². The molecule has 0 saturated heterocycles. The van der Waals surface area contributed by atoms with E-state index in [9.17, 15) is 4.79 Å². The number of carbonyl (C=O) groups is 1. The van der Waals surface area contributed by atoms with Gasteiger partial charge in [0.2, 0.25) is 5.91 Å². The summed E-state index contributed by atoms with van der Waals surface area (Å²) in [6.07, 6.45) is 3.48. The van der Waals surface area contributed by atoms with E-state index in [-0.39, 0.29) is 23.9 Å². The number of nitrogens with two attached hydrogens (primary N) is 1. The van der Waals surface area contributed by atoms with Crippen molar-refractivity contribution in [3.05, 3.63) is 30.1 Å². The van der Waals surface area contributed by atoms with E-state index in [1.165, 1.54) is 0 Å². The zero-order valence-corrected chi connectivity index (χ0v) is 9.97. The molecule has 0 bridgehead atoms. The Kier molecular flexibility index (Phi) is 4.43. The van der Waals surface area contributed by atoms with Crippen molar-refractivity contribution in [3.8, 4) is 0 Å². The lowest BCUT2D eigenvalue weighted by Crippen LogP contribution is -2.45. The molecule has 1 aromatic heterocycles. The smallest absolute Gasteiger partial charge is 0.234 e. The third-order valence-electron chi connectivity index (χ3n) is 2.61. The lowest BCUT2D eigenvalue weighted by atomic mass is 10.0. The molecule has 3 N–H and O–H groups in total. The van der Waals surface area contributed by atoms with Gasteiger partial charge >= 0.3 is 0 Å². The quantitative estimate of drug-likeness (QED) is 0.786. The predicted octanol–water partition coefficient (Wildman–Crippen LogP) is 1.24. The Hall–Kier alpha value is -1.42. The fourth-order valence-electron chi connectivity index (χ4n) is 1.62. The minimum absolute atomic E-state index is 0.0860. The van der Waals surface area contributed by atoms with Crippen molar-refractivity contribution < 1.29 is 4.79 Å². The summed E-state index contributed by atoms with van der Waals surface area (Å²) >= 11 is 0. The minimum Gasteiger partial charge on any atom is -0.368 e. The summed E-state index contributed by atoms with van der Waals surface area (Å²) < 4.78 is 0. The van der Waals surface area contributed by atoms with Crippen LogP contribution in [-0.4, -0.2) is 16.9 Å². The van der Waals surface area contributed by atoms with Crippen LogP contribution in [0.25, 0.3) is 0 Å². The van der Waals surface area contributed by atoms with Crippen LogP contribution in [-0.2, 0) is 4.79 Å². The predicted molar refractivity (Wildman–Crippen MR) is 63.6 cm³/mol. The number of pyridine rings is 1. The fourth-order valence-corrected chi connectivity index (χ4v) is 1.62. The molecular formula is C12H19N3O. The van der Waals surface area contributed by atoms with Gasteiger partial charge in [-0.1, -0.05) is 13.8 Å². The van der Waals surface area contributed by atoms with Crippen LogP contribution < -0.4 is 11.1 Å². The van der Waals surface area contributed by atoms with Gasteiger partial charge in [-0.3, -0.25) is 15.1 Å². The molecule has 1 rings (SSSR count). The van der Waals surface area contributed by atoms with Crippen molar-refractivity contribution in [2.45, 2.75) is 32.9 Å². The van der Waals surface area contributed by atoms with E-state index < -0.39 is 0 Å². The van der Waals surface area contributed by atoms with Crippen molar-refractivity contribution in [3.63, 3.8) is 0 Å². The molecule has 0 fully saturated rings. The zero-order chi connectivity index (χ0) is 12.1. The number of rotatable bonds is 5. The molecule has 16 heavy (non-hydrogen) atoms. The highest BCUT2D eigenvalue weighted by atomic mass is 16.1. The number of carbonyl (C=O) groups excluding carboxylic acids is 1. The maximum Gasteiger partial charge on any atom is 0.234 e. The Morgan fingerprint density at radius 1 is 1.31 bits per heavy atom. The summed E-state index contributed by atoms with van der Waals surface area (Å²) in [5.74, 6) is -0.127. The first kappa shape index (κ1) is 12.6. The molecule has 0 aliphatic carbocycles. The van der Waals surface area contributed by atoms with E-state index in [4.69, 9.17) is 5.73 Å². The molecule has 2 unspecified atom stereocenters. The Morgan fingerprint density at radius 3 is 2.31 bits per heavy atom. The van der Waals surface area contributed by atoms with Gasteiger partial charge in [-0.05, 0) is 30.5 Å². The second-order valence-corrected chi connectivity index (χ2v) is 4.29. The van der Waals surface area contributed by atoms with Crippen LogP contribution in [0.2, 0.25) is 0 Å². The zero-order valence-electron chi connectivity index (χ0n) is 9.97. The Labute approximate surface area is 96.3 Å². The first-order chi connectivity index (χ1) is 7.52. The van der Waals surface area contributed by atoms with Gasteiger partial charge in [0, 0.05) is 18.4 Å². The van der Waals surface area contributed by atoms with Crippen molar-refractivity contribution in [1.82, 2.24) is 10.3 Å². The van der Waals surface area contributed by atoms with Crippen LogP contribution in [0.4, 0.5) is 0 Å². The van der Waals surface area contributed by atoms with E-state index in [0.717, 1.165) is 5.56 Å². The summed E-state index contributed by atoms with van der Waals surface area (Å²) in [6, 6.07) is 3.64. The summed E-state index contributed by atoms with van der Waals surface area (Å²) in [7, 11) is 0. The van der Waals surface area contributed by atoms with Crippen LogP contribution in [0, 0.1) is 5.92 Å². The summed E-state index contributed by atoms with van der Waals surface area (Å²) in [6.45, 7) is 5.96. The topological polar surface area (TPSA) is 68.0 Å². The Balaban J connectivity index is 2.69. The summed E-state index contributed by atoms with van der Waals surface area (Å²) in [5.41, 5.74) is 6.45. The third kappa shape index (κ3) is 3.31. The highest BCUT2D eigenvalue weighted by Gasteiger charge is 2.21. The molecule has 4 nitrogen and oxygen atoms in total. The number of nitrogens with zero attached hydrogens (tertiary/aromatic N) is 1. The number of nitrogens with one attached hydrogen (secondary N) is 1. The van der Waals surface area contributed by atoms with Gasteiger partial charge in [-0.2, -0.15) is 0 Å². The van der Waals surface area contributed by atoms with Gasteiger partial charge in [0.25, 0.3) is 0 Å². The number of aromatic nitrogens is 1. The monoisotopic (exact) mass is 221 g/mol. The maximum atomic E-state index is 11.3. The average Bonchev–Trinajstić information content (AvgIpc) is 2.25. The highest BCUT2D eigenvalue weighted by molar-refractivity contribution is 5.80. The van der Waals surface area contributed by atoms with Crippen LogP contribution >= 0.6 is 0 Å². The average molecular weight is 221 g/mol. The van der Waals surface area contributed by atoms with Gasteiger partial charge in [0.1, 0.15) is 0 Å². The molecule has 88 valence electrons. The van der Waals surface area contributed by atoms with Crippen molar-refractivity contribution in [1.29, 1.82) is 0 Å². The number of amides is 1. The molecule has 1 amide bonds. The molecule has 0 spiro atoms. The van der Waals surface area contributed by atoms with Crippen LogP contribution in [0.15, 0.2) is 24.5 Å². The molecule has 1 aromatic rings. The first-order valence-corrected chi connectivity index (χ1v) is 5.47. The van der Waals surface area contributed by atoms with Crippen molar-refractivity contribution in [2.24, 2.45) is 11.7 Å². The molecular weight excluding hydrogens is 202 g/mol. The largest absolute Gasteiger partial charge is 0.368 e. The van der Waals surface area contributed by atoms with E-state index in [1.54, 1.807) is 12.4 Å². The van der Waals surface area contributed by atoms with Gasteiger partial charge in [-0.25, -0.2) is 0 Å². The summed E-state index contributed by atoms with van der Waals surface area (Å²) in [5, 5.41) is 3.23. The van der Waals surface area contributed by atoms with E-state index >= 15 is 0 Å². The minimum atomic E-state index is -0.309. The highest BCUT2D eigenvalue weighted by Crippen LogP contribution is 2.13. The summed E-state index contributed by atoms with van der Waals surface area (Å²) in [4.78, 5) is 15.2. The lowest BCUT2D eigenvalue weighted by Gasteiger charge is -2.23. The van der Waals surface area contributed by atoms with Crippen LogP contribution in [0.5, 0.6) is 0 Å². The second-order valence-electron chi connectivity index (χ2n) is 4.29. The molecule has 0 saturated carbocycles. The lowest BCUT2D eigenvalue weighted by molar-refractivity contribution is -0.121. The molecule has 0 aliphatic rings. The van der Waals surface area contributed by atoms with Crippen LogP contribution in [0.1, 0.15) is 32.4 Å². The van der Waals surface area contributed by atoms with Crippen molar-refractivity contribution in [2.75, 3.05) is 0 Å². The van der Waals surface area contributed by atoms with Crippen molar-refractivity contribution >= 4 is 5.91 Å². The molecule has 2 atom stereocenters. The molecule has 4 heteroatoms. The SMILES string of the molecule is CC(NC(C(N)=O)C(C)C)c1ccncc1. The van der Waals surface area contributed by atoms with Crippen LogP contribution in [0.3, 0.4) is 0 Å². The first-order valence-electron chi connectivity index (χ1n) is 5.47. The van der Waals surface area contributed by atoms with Gasteiger partial charge < -0.3 is 5.73 Å². The van der Waals surface area contributed by atoms with E-state index in [2.05, 4.69) is 10.3 Å². The maximum absolute atomic E-state index is 11.3. The Bertz CT molecular complexity index is 337. The molecule has 0 aromatic carbocycles. The molecule has 1 heterocycles. The van der Waals surface area contributed by atoms with Gasteiger partial charge in [0.15, 0.2) is 0 Å². The second kappa shape index (κ2) is 5.61. The molecule has 0 radical (unpaired) electrons. The van der Waals surface area contributed by atoms with Gasteiger partial charge in [-0.15, -0.1) is 0 Å². The normalized spacial score (nSPS) is 14.8. The number of hydrogen-bond donors (Lipinski definition) is 2. The third-order valence-corrected chi connectivity index (χ3v) is 2.61. The van der Waals surface area contributed by atoms with E-state index in [1.807, 2.05) is 32.9 Å². The fraction of sp³-hybridized carbons (Fsp3) is 0.500. The Morgan fingerprint density at radius 2 is 1.88 bits per heavy atom.